The van der Waals surface area contributed by atoms with E-state index in [2.05, 4.69) is 6.92 Å². The number of carboxylic acids is 1. The molecule has 0 heterocycles. The molecule has 0 aliphatic carbocycles. The van der Waals surface area contributed by atoms with Crippen LogP contribution in [0.1, 0.15) is 71.8 Å². The maximum atomic E-state index is 14.6. The molecule has 0 radical (unpaired) electrons. The van der Waals surface area contributed by atoms with E-state index in [1.165, 1.54) is 30.7 Å². The molecule has 1 aromatic carbocycles. The van der Waals surface area contributed by atoms with Crippen LogP contribution in [-0.4, -0.2) is 45.4 Å². The lowest BCUT2D eigenvalue weighted by Gasteiger charge is -2.35. The van der Waals surface area contributed by atoms with Gasteiger partial charge in [-0.2, -0.15) is 0 Å². The average molecular weight is 457 g/mol. The highest BCUT2D eigenvalue weighted by molar-refractivity contribution is 6.62. The number of benzene rings is 1. The minimum atomic E-state index is -3.25. The van der Waals surface area contributed by atoms with Crippen molar-refractivity contribution in [3.63, 3.8) is 0 Å². The van der Waals surface area contributed by atoms with Gasteiger partial charge in [0.25, 0.3) is 0 Å². The van der Waals surface area contributed by atoms with Crippen molar-refractivity contribution in [2.24, 2.45) is 0 Å². The summed E-state index contributed by atoms with van der Waals surface area (Å²) in [5.74, 6) is -1.58. The molecule has 0 saturated heterocycles. The molecule has 0 aromatic heterocycles. The number of rotatable bonds is 17. The van der Waals surface area contributed by atoms with Crippen LogP contribution in [0.2, 0.25) is 0 Å². The molecule has 1 unspecified atom stereocenters. The highest BCUT2D eigenvalue weighted by Crippen LogP contribution is 2.28. The van der Waals surface area contributed by atoms with E-state index in [-0.39, 0.29) is 5.75 Å². The van der Waals surface area contributed by atoms with E-state index in [0.717, 1.165) is 31.8 Å². The van der Waals surface area contributed by atoms with Crippen molar-refractivity contribution in [1.82, 2.24) is 0 Å². The zero-order valence-electron chi connectivity index (χ0n) is 19.2. The normalized spacial score (nSPS) is 12.9. The molecule has 0 aliphatic heterocycles. The molecule has 0 saturated carbocycles. The standard InChI is InChI=1S/C23H37FO6Si/c1-5-9-10-11-12-13-23(31(27-6-2,28-7-3)29-8-4)30-21-18-19(14-16-20(21)24)15-17-22(25)26/h14-18,23H,5-13H2,1-4H3,(H,25,26)/b17-15+. The number of hydrogen-bond donors (Lipinski definition) is 1. The summed E-state index contributed by atoms with van der Waals surface area (Å²) in [5.41, 5.74) is -0.0424. The third-order valence-electron chi connectivity index (χ3n) is 4.64. The lowest BCUT2D eigenvalue weighted by Crippen LogP contribution is -2.59. The minimum Gasteiger partial charge on any atom is -0.483 e. The van der Waals surface area contributed by atoms with Crippen LogP contribution in [0, 0.1) is 5.82 Å². The van der Waals surface area contributed by atoms with Crippen molar-refractivity contribution in [1.29, 1.82) is 0 Å². The van der Waals surface area contributed by atoms with Gasteiger partial charge in [0.15, 0.2) is 17.3 Å². The first kappa shape index (κ1) is 27.3. The molecule has 0 amide bonds. The number of carboxylic acid groups (broad SMARTS) is 1. The van der Waals surface area contributed by atoms with Crippen molar-refractivity contribution in [3.8, 4) is 5.75 Å². The summed E-state index contributed by atoms with van der Waals surface area (Å²) in [5, 5.41) is 8.85. The Labute approximate surface area is 186 Å². The van der Waals surface area contributed by atoms with E-state index in [4.69, 9.17) is 23.1 Å². The van der Waals surface area contributed by atoms with Gasteiger partial charge in [0.05, 0.1) is 0 Å². The molecule has 0 fully saturated rings. The monoisotopic (exact) mass is 456 g/mol. The quantitative estimate of drug-likeness (QED) is 0.186. The molecule has 31 heavy (non-hydrogen) atoms. The van der Waals surface area contributed by atoms with Gasteiger partial charge in [0.1, 0.15) is 0 Å². The van der Waals surface area contributed by atoms with Crippen molar-refractivity contribution < 1.29 is 32.3 Å². The molecular formula is C23H37FO6Si. The maximum Gasteiger partial charge on any atom is 0.543 e. The minimum absolute atomic E-state index is 0.0297. The zero-order chi connectivity index (χ0) is 23.1. The van der Waals surface area contributed by atoms with Gasteiger partial charge in [-0.1, -0.05) is 38.7 Å². The van der Waals surface area contributed by atoms with Gasteiger partial charge in [0, 0.05) is 25.9 Å². The third-order valence-corrected chi connectivity index (χ3v) is 7.91. The van der Waals surface area contributed by atoms with E-state index in [1.54, 1.807) is 0 Å². The summed E-state index contributed by atoms with van der Waals surface area (Å²) in [6.07, 6.45) is 8.37. The summed E-state index contributed by atoms with van der Waals surface area (Å²) in [4.78, 5) is 10.8. The highest BCUT2D eigenvalue weighted by Gasteiger charge is 2.51. The van der Waals surface area contributed by atoms with Crippen molar-refractivity contribution in [2.45, 2.75) is 71.9 Å². The fourth-order valence-electron chi connectivity index (χ4n) is 3.28. The van der Waals surface area contributed by atoms with Gasteiger partial charge >= 0.3 is 14.8 Å². The van der Waals surface area contributed by atoms with E-state index < -0.39 is 26.3 Å². The van der Waals surface area contributed by atoms with Crippen molar-refractivity contribution in [2.75, 3.05) is 19.8 Å². The number of ether oxygens (including phenoxy) is 1. The summed E-state index contributed by atoms with van der Waals surface area (Å²) in [7, 11) is -3.25. The van der Waals surface area contributed by atoms with Crippen LogP contribution in [0.25, 0.3) is 6.08 Å². The van der Waals surface area contributed by atoms with E-state index in [1.807, 2.05) is 20.8 Å². The van der Waals surface area contributed by atoms with Crippen LogP contribution in [0.15, 0.2) is 24.3 Å². The van der Waals surface area contributed by atoms with Gasteiger partial charge in [-0.25, -0.2) is 9.18 Å². The molecular weight excluding hydrogens is 419 g/mol. The Balaban J connectivity index is 3.20. The van der Waals surface area contributed by atoms with E-state index in [9.17, 15) is 9.18 Å². The molecule has 1 N–H and O–H groups in total. The predicted octanol–water partition coefficient (Wildman–Crippen LogP) is 5.62. The second-order valence-corrected chi connectivity index (χ2v) is 9.79. The maximum absolute atomic E-state index is 14.6. The van der Waals surface area contributed by atoms with Crippen LogP contribution < -0.4 is 4.74 Å². The van der Waals surface area contributed by atoms with Crippen molar-refractivity contribution in [3.05, 3.63) is 35.7 Å². The Kier molecular flexibility index (Phi) is 13.3. The number of halogens is 1. The average Bonchev–Trinajstić information content (AvgIpc) is 2.73. The summed E-state index contributed by atoms with van der Waals surface area (Å²) in [6, 6.07) is 4.25. The fraction of sp³-hybridized carbons (Fsp3) is 0.609. The summed E-state index contributed by atoms with van der Waals surface area (Å²) >= 11 is 0. The van der Waals surface area contributed by atoms with Gasteiger partial charge < -0.3 is 23.1 Å². The van der Waals surface area contributed by atoms with Crippen molar-refractivity contribution >= 4 is 20.8 Å². The zero-order valence-corrected chi connectivity index (χ0v) is 20.2. The largest absolute Gasteiger partial charge is 0.543 e. The Bertz CT molecular complexity index is 665. The Hall–Kier alpha value is -1.74. The second kappa shape index (κ2) is 15.1. The molecule has 176 valence electrons. The van der Waals surface area contributed by atoms with E-state index in [0.29, 0.717) is 31.8 Å². The highest BCUT2D eigenvalue weighted by atomic mass is 28.4. The molecule has 1 atom stereocenters. The molecule has 8 heteroatoms. The number of carbonyl (C=O) groups is 1. The number of hydrogen-bond acceptors (Lipinski definition) is 5. The van der Waals surface area contributed by atoms with E-state index >= 15 is 0 Å². The second-order valence-electron chi connectivity index (χ2n) is 7.07. The molecule has 0 spiro atoms. The van der Waals surface area contributed by atoms with Crippen LogP contribution >= 0.6 is 0 Å². The van der Waals surface area contributed by atoms with Gasteiger partial charge in [-0.15, -0.1) is 0 Å². The molecule has 1 aromatic rings. The Morgan fingerprint density at radius 1 is 1.03 bits per heavy atom. The van der Waals surface area contributed by atoms with Crippen LogP contribution in [-0.2, 0) is 18.1 Å². The lowest BCUT2D eigenvalue weighted by atomic mass is 10.1. The van der Waals surface area contributed by atoms with Gasteiger partial charge in [-0.05, 0) is 57.4 Å². The molecule has 6 nitrogen and oxygen atoms in total. The molecule has 0 bridgehead atoms. The SMILES string of the molecule is CCCCCCCC(Oc1cc(/C=C/C(=O)O)ccc1F)[Si](OCC)(OCC)OCC. The van der Waals surface area contributed by atoms with Crippen LogP contribution in [0.3, 0.4) is 0 Å². The smallest absolute Gasteiger partial charge is 0.483 e. The number of aliphatic carboxylic acids is 1. The first-order valence-electron chi connectivity index (χ1n) is 11.2. The fourth-order valence-corrected chi connectivity index (χ4v) is 6.13. The summed E-state index contributed by atoms with van der Waals surface area (Å²) < 4.78 is 38.8. The van der Waals surface area contributed by atoms with Crippen LogP contribution in [0.4, 0.5) is 4.39 Å². The molecule has 0 aliphatic rings. The Morgan fingerprint density at radius 2 is 1.65 bits per heavy atom. The van der Waals surface area contributed by atoms with Gasteiger partial charge in [-0.3, -0.25) is 0 Å². The van der Waals surface area contributed by atoms with Crippen LogP contribution in [0.5, 0.6) is 5.75 Å². The Morgan fingerprint density at radius 3 is 2.19 bits per heavy atom. The topological polar surface area (TPSA) is 74.2 Å². The predicted molar refractivity (Wildman–Crippen MR) is 121 cm³/mol. The first-order valence-corrected chi connectivity index (χ1v) is 13.0. The van der Waals surface area contributed by atoms with Gasteiger partial charge in [0.2, 0.25) is 0 Å². The third kappa shape index (κ3) is 9.51. The first-order chi connectivity index (χ1) is 14.9. The number of unbranched alkanes of at least 4 members (excludes halogenated alkanes) is 4. The summed E-state index contributed by atoms with van der Waals surface area (Å²) in [6.45, 7) is 8.96. The lowest BCUT2D eigenvalue weighted by molar-refractivity contribution is -0.131. The molecule has 1 rings (SSSR count).